The largest absolute Gasteiger partial charge is 0.372 e. The Morgan fingerprint density at radius 1 is 0.879 bits per heavy atom. The molecule has 1 aliphatic heterocycles. The minimum Gasteiger partial charge on any atom is -0.372 e. The van der Waals surface area contributed by atoms with Gasteiger partial charge in [-0.05, 0) is 86.5 Å². The molecule has 0 radical (unpaired) electrons. The Morgan fingerprint density at radius 3 is 2.15 bits per heavy atom. The molecule has 0 N–H and O–H groups in total. The minimum absolute atomic E-state index is 0.0468. The number of benzene rings is 3. The van der Waals surface area contributed by atoms with E-state index in [4.69, 9.17) is 4.99 Å². The molecule has 0 aromatic heterocycles. The summed E-state index contributed by atoms with van der Waals surface area (Å²) in [6.07, 6.45) is 1.96. The van der Waals surface area contributed by atoms with Gasteiger partial charge in [0, 0.05) is 18.8 Å². The van der Waals surface area contributed by atoms with Crippen LogP contribution < -0.4 is 9.80 Å². The number of thioether (sulfide) groups is 1. The number of amidine groups is 1. The molecular formula is C28H29N3OS. The topological polar surface area (TPSA) is 35.9 Å². The predicted octanol–water partition coefficient (Wildman–Crippen LogP) is 6.96. The molecular weight excluding hydrogens is 426 g/mol. The number of amides is 1. The van der Waals surface area contributed by atoms with E-state index in [2.05, 4.69) is 43.0 Å². The number of para-hydroxylation sites is 2. The molecule has 1 fully saturated rings. The van der Waals surface area contributed by atoms with E-state index in [0.29, 0.717) is 10.1 Å². The molecule has 4 nitrogen and oxygen atoms in total. The third kappa shape index (κ3) is 4.88. The second-order valence-corrected chi connectivity index (χ2v) is 8.99. The number of rotatable bonds is 6. The van der Waals surface area contributed by atoms with E-state index >= 15 is 0 Å². The van der Waals surface area contributed by atoms with Crippen molar-refractivity contribution < 1.29 is 4.79 Å². The maximum atomic E-state index is 13.6. The first-order valence-corrected chi connectivity index (χ1v) is 12.1. The predicted molar refractivity (Wildman–Crippen MR) is 143 cm³/mol. The van der Waals surface area contributed by atoms with Crippen LogP contribution in [0.25, 0.3) is 6.08 Å². The number of aryl methyl sites for hydroxylation is 2. The van der Waals surface area contributed by atoms with Crippen molar-refractivity contribution in [2.45, 2.75) is 27.7 Å². The van der Waals surface area contributed by atoms with Gasteiger partial charge in [0.15, 0.2) is 5.17 Å². The fourth-order valence-electron chi connectivity index (χ4n) is 3.89. The molecule has 0 bridgehead atoms. The number of nitrogens with zero attached hydrogens (tertiary/aromatic N) is 3. The molecule has 1 saturated heterocycles. The highest BCUT2D eigenvalue weighted by atomic mass is 32.2. The zero-order valence-electron chi connectivity index (χ0n) is 19.6. The van der Waals surface area contributed by atoms with Crippen molar-refractivity contribution in [1.29, 1.82) is 0 Å². The van der Waals surface area contributed by atoms with Gasteiger partial charge in [0.25, 0.3) is 5.91 Å². The van der Waals surface area contributed by atoms with Crippen LogP contribution >= 0.6 is 11.8 Å². The average Bonchev–Trinajstić information content (AvgIpc) is 3.12. The summed E-state index contributed by atoms with van der Waals surface area (Å²) in [7, 11) is 0. The van der Waals surface area contributed by atoms with Gasteiger partial charge >= 0.3 is 0 Å². The number of carbonyl (C=O) groups excluding carboxylic acids is 1. The highest BCUT2D eigenvalue weighted by molar-refractivity contribution is 8.19. The van der Waals surface area contributed by atoms with Gasteiger partial charge in [-0.1, -0.05) is 48.5 Å². The van der Waals surface area contributed by atoms with Crippen LogP contribution in [0.3, 0.4) is 0 Å². The van der Waals surface area contributed by atoms with Crippen molar-refractivity contribution in [3.05, 3.63) is 94.4 Å². The van der Waals surface area contributed by atoms with Crippen molar-refractivity contribution in [1.82, 2.24) is 0 Å². The van der Waals surface area contributed by atoms with E-state index in [1.807, 2.05) is 68.5 Å². The molecule has 1 aliphatic rings. The molecule has 0 aliphatic carbocycles. The van der Waals surface area contributed by atoms with Crippen molar-refractivity contribution in [3.8, 4) is 0 Å². The summed E-state index contributed by atoms with van der Waals surface area (Å²) in [5.41, 5.74) is 6.04. The van der Waals surface area contributed by atoms with E-state index in [-0.39, 0.29) is 5.91 Å². The zero-order chi connectivity index (χ0) is 23.4. The van der Waals surface area contributed by atoms with Crippen molar-refractivity contribution in [2.24, 2.45) is 4.99 Å². The van der Waals surface area contributed by atoms with E-state index in [0.717, 1.165) is 41.2 Å². The van der Waals surface area contributed by atoms with E-state index in [1.54, 1.807) is 4.90 Å². The Bertz CT molecular complexity index is 1210. The lowest BCUT2D eigenvalue weighted by molar-refractivity contribution is -0.113. The molecule has 0 atom stereocenters. The molecule has 5 heteroatoms. The Labute approximate surface area is 200 Å². The third-order valence-electron chi connectivity index (χ3n) is 5.81. The highest BCUT2D eigenvalue weighted by Gasteiger charge is 2.35. The number of hydrogen-bond donors (Lipinski definition) is 0. The smallest absolute Gasteiger partial charge is 0.271 e. The molecule has 33 heavy (non-hydrogen) atoms. The lowest BCUT2D eigenvalue weighted by atomic mass is 10.1. The number of aliphatic imine (C=N–C) groups is 1. The molecule has 3 aromatic rings. The SMILES string of the molecule is CCN(CC)c1ccc(/C=C2\SC(=Nc3ccccc3C)N(c3ccccc3C)C2=O)cc1. The molecule has 0 saturated carbocycles. The maximum Gasteiger partial charge on any atom is 0.271 e. The molecule has 3 aromatic carbocycles. The zero-order valence-corrected chi connectivity index (χ0v) is 20.4. The van der Waals surface area contributed by atoms with Gasteiger partial charge in [-0.15, -0.1) is 0 Å². The quantitative estimate of drug-likeness (QED) is 0.377. The summed E-state index contributed by atoms with van der Waals surface area (Å²) < 4.78 is 0. The van der Waals surface area contributed by atoms with Crippen LogP contribution in [0.2, 0.25) is 0 Å². The number of hydrogen-bond acceptors (Lipinski definition) is 4. The van der Waals surface area contributed by atoms with Gasteiger partial charge < -0.3 is 4.90 Å². The van der Waals surface area contributed by atoms with E-state index in [1.165, 1.54) is 17.4 Å². The fraction of sp³-hybridized carbons (Fsp3) is 0.214. The van der Waals surface area contributed by atoms with Crippen LogP contribution in [0.5, 0.6) is 0 Å². The van der Waals surface area contributed by atoms with Crippen molar-refractivity contribution in [3.63, 3.8) is 0 Å². The molecule has 1 amide bonds. The minimum atomic E-state index is -0.0468. The van der Waals surface area contributed by atoms with Gasteiger partial charge in [0.2, 0.25) is 0 Å². The van der Waals surface area contributed by atoms with Crippen LogP contribution in [0.15, 0.2) is 82.7 Å². The molecule has 4 rings (SSSR count). The van der Waals surface area contributed by atoms with Gasteiger partial charge in [-0.3, -0.25) is 9.69 Å². The summed E-state index contributed by atoms with van der Waals surface area (Å²) in [6.45, 7) is 10.3. The lowest BCUT2D eigenvalue weighted by Gasteiger charge is -2.20. The second kappa shape index (κ2) is 10.1. The maximum absolute atomic E-state index is 13.6. The Balaban J connectivity index is 1.73. The first-order chi connectivity index (χ1) is 16.0. The number of carbonyl (C=O) groups is 1. The van der Waals surface area contributed by atoms with Crippen LogP contribution in [-0.4, -0.2) is 24.2 Å². The molecule has 1 heterocycles. The van der Waals surface area contributed by atoms with Gasteiger partial charge in [-0.2, -0.15) is 0 Å². The van der Waals surface area contributed by atoms with Crippen LogP contribution in [0, 0.1) is 13.8 Å². The summed E-state index contributed by atoms with van der Waals surface area (Å²) in [5.74, 6) is -0.0468. The monoisotopic (exact) mass is 455 g/mol. The van der Waals surface area contributed by atoms with Crippen LogP contribution in [-0.2, 0) is 4.79 Å². The normalized spacial score (nSPS) is 16.1. The summed E-state index contributed by atoms with van der Waals surface area (Å²) in [5, 5.41) is 0.676. The first kappa shape index (κ1) is 22.9. The van der Waals surface area contributed by atoms with Gasteiger partial charge in [0.1, 0.15) is 0 Å². The molecule has 0 unspecified atom stereocenters. The highest BCUT2D eigenvalue weighted by Crippen LogP contribution is 2.38. The van der Waals surface area contributed by atoms with E-state index < -0.39 is 0 Å². The summed E-state index contributed by atoms with van der Waals surface area (Å²) in [4.78, 5) is 23.2. The molecule has 168 valence electrons. The Morgan fingerprint density at radius 2 is 1.52 bits per heavy atom. The standard InChI is InChI=1S/C28H29N3OS/c1-5-30(6-2)23-17-15-22(16-18-23)19-26-27(32)31(25-14-10-8-12-21(25)4)28(33-26)29-24-13-9-7-11-20(24)3/h7-19H,5-6H2,1-4H3/b26-19-,29-28?. The van der Waals surface area contributed by atoms with Crippen molar-refractivity contribution in [2.75, 3.05) is 22.9 Å². The van der Waals surface area contributed by atoms with Gasteiger partial charge in [-0.25, -0.2) is 4.99 Å². The Hall–Kier alpha value is -3.31. The first-order valence-electron chi connectivity index (χ1n) is 11.3. The van der Waals surface area contributed by atoms with E-state index in [9.17, 15) is 4.79 Å². The fourth-order valence-corrected chi connectivity index (χ4v) is 4.88. The van der Waals surface area contributed by atoms with Gasteiger partial charge in [0.05, 0.1) is 16.3 Å². The molecule has 0 spiro atoms. The van der Waals surface area contributed by atoms with Crippen LogP contribution in [0.4, 0.5) is 17.1 Å². The number of anilines is 2. The average molecular weight is 456 g/mol. The summed E-state index contributed by atoms with van der Waals surface area (Å²) in [6, 6.07) is 24.3. The Kier molecular flexibility index (Phi) is 6.99. The second-order valence-electron chi connectivity index (χ2n) is 7.98. The summed E-state index contributed by atoms with van der Waals surface area (Å²) >= 11 is 1.43. The van der Waals surface area contributed by atoms with Crippen molar-refractivity contribution >= 4 is 46.0 Å². The van der Waals surface area contributed by atoms with Crippen LogP contribution in [0.1, 0.15) is 30.5 Å². The lowest BCUT2D eigenvalue weighted by Crippen LogP contribution is -2.29. The third-order valence-corrected chi connectivity index (χ3v) is 6.78.